The molecule has 2 heterocycles. The molecule has 1 N–H and O–H groups in total. The van der Waals surface area contributed by atoms with Gasteiger partial charge in [-0.25, -0.2) is 18.1 Å². The standard InChI is InChI=1S/C15H23N3O3S/c1-4-5-13-9-18(10-14(13)17-22(3,20)21)15-7-6-12(8-16-15)11(2)19/h6-8,13-14,17H,4-5,9-10H2,1-3H3. The van der Waals surface area contributed by atoms with Crippen LogP contribution in [0.4, 0.5) is 5.82 Å². The van der Waals surface area contributed by atoms with E-state index in [0.29, 0.717) is 12.1 Å². The van der Waals surface area contributed by atoms with Gasteiger partial charge in [-0.15, -0.1) is 0 Å². The van der Waals surface area contributed by atoms with E-state index in [1.807, 2.05) is 6.07 Å². The Bertz CT molecular complexity index is 628. The van der Waals surface area contributed by atoms with Crippen molar-refractivity contribution in [1.29, 1.82) is 0 Å². The van der Waals surface area contributed by atoms with Crippen molar-refractivity contribution in [2.24, 2.45) is 5.92 Å². The molecular formula is C15H23N3O3S. The van der Waals surface area contributed by atoms with Crippen LogP contribution in [0, 0.1) is 5.92 Å². The highest BCUT2D eigenvalue weighted by Crippen LogP contribution is 2.26. The lowest BCUT2D eigenvalue weighted by molar-refractivity contribution is 0.101. The van der Waals surface area contributed by atoms with Gasteiger partial charge in [0.05, 0.1) is 6.26 Å². The molecule has 2 rings (SSSR count). The minimum absolute atomic E-state index is 0.0130. The number of Topliss-reactive ketones (excluding diaryl/α,β-unsaturated/α-hetero) is 1. The molecule has 6 nitrogen and oxygen atoms in total. The maximum absolute atomic E-state index is 11.5. The predicted octanol–water partition coefficient (Wildman–Crippen LogP) is 1.44. The zero-order chi connectivity index (χ0) is 16.3. The van der Waals surface area contributed by atoms with Crippen LogP contribution < -0.4 is 9.62 Å². The summed E-state index contributed by atoms with van der Waals surface area (Å²) in [5, 5.41) is 0. The average molecular weight is 325 g/mol. The molecule has 2 atom stereocenters. The Hall–Kier alpha value is -1.47. The maximum atomic E-state index is 11.5. The minimum Gasteiger partial charge on any atom is -0.355 e. The summed E-state index contributed by atoms with van der Waals surface area (Å²) in [5.41, 5.74) is 0.582. The van der Waals surface area contributed by atoms with E-state index >= 15 is 0 Å². The van der Waals surface area contributed by atoms with Gasteiger partial charge in [0.25, 0.3) is 0 Å². The molecule has 1 aromatic rings. The second-order valence-corrected chi connectivity index (χ2v) is 7.69. The van der Waals surface area contributed by atoms with Crippen molar-refractivity contribution in [2.45, 2.75) is 32.7 Å². The molecule has 2 unspecified atom stereocenters. The molecule has 0 amide bonds. The lowest BCUT2D eigenvalue weighted by Crippen LogP contribution is -2.39. The summed E-state index contributed by atoms with van der Waals surface area (Å²) in [6.45, 7) is 4.98. The third kappa shape index (κ3) is 4.27. The Balaban J connectivity index is 2.14. The number of hydrogen-bond donors (Lipinski definition) is 1. The lowest BCUT2D eigenvalue weighted by atomic mass is 9.99. The molecule has 0 radical (unpaired) electrons. The van der Waals surface area contributed by atoms with Crippen LogP contribution in [0.1, 0.15) is 37.0 Å². The van der Waals surface area contributed by atoms with Crippen LogP contribution in [0.2, 0.25) is 0 Å². The molecule has 0 aliphatic carbocycles. The van der Waals surface area contributed by atoms with E-state index in [1.165, 1.54) is 13.2 Å². The largest absolute Gasteiger partial charge is 0.355 e. The molecule has 1 fully saturated rings. The number of nitrogens with zero attached hydrogens (tertiary/aromatic N) is 2. The average Bonchev–Trinajstić information content (AvgIpc) is 2.80. The fraction of sp³-hybridized carbons (Fsp3) is 0.600. The van der Waals surface area contributed by atoms with Crippen LogP contribution in [0.5, 0.6) is 0 Å². The topological polar surface area (TPSA) is 79.4 Å². The number of aromatic nitrogens is 1. The smallest absolute Gasteiger partial charge is 0.209 e. The summed E-state index contributed by atoms with van der Waals surface area (Å²) < 4.78 is 25.8. The van der Waals surface area contributed by atoms with Crippen molar-refractivity contribution < 1.29 is 13.2 Å². The van der Waals surface area contributed by atoms with Crippen LogP contribution >= 0.6 is 0 Å². The van der Waals surface area contributed by atoms with E-state index in [2.05, 4.69) is 21.5 Å². The van der Waals surface area contributed by atoms with Gasteiger partial charge in [-0.05, 0) is 31.4 Å². The van der Waals surface area contributed by atoms with Gasteiger partial charge in [0, 0.05) is 30.9 Å². The summed E-state index contributed by atoms with van der Waals surface area (Å²) in [6, 6.07) is 3.49. The Morgan fingerprint density at radius 3 is 2.64 bits per heavy atom. The Morgan fingerprint density at radius 1 is 1.41 bits per heavy atom. The van der Waals surface area contributed by atoms with E-state index in [9.17, 15) is 13.2 Å². The first-order valence-corrected chi connectivity index (χ1v) is 9.38. The van der Waals surface area contributed by atoms with Crippen LogP contribution in [-0.4, -0.2) is 44.6 Å². The van der Waals surface area contributed by atoms with Gasteiger partial charge in [0.2, 0.25) is 10.0 Å². The molecule has 0 saturated carbocycles. The molecule has 1 aliphatic rings. The van der Waals surface area contributed by atoms with E-state index < -0.39 is 10.0 Å². The third-order valence-electron chi connectivity index (χ3n) is 3.94. The van der Waals surface area contributed by atoms with Gasteiger partial charge in [0.1, 0.15) is 5.82 Å². The highest BCUT2D eigenvalue weighted by Gasteiger charge is 2.34. The number of rotatable bonds is 6. The second-order valence-electron chi connectivity index (χ2n) is 5.91. The maximum Gasteiger partial charge on any atom is 0.209 e. The number of sulfonamides is 1. The third-order valence-corrected chi connectivity index (χ3v) is 4.68. The van der Waals surface area contributed by atoms with Gasteiger partial charge in [-0.1, -0.05) is 13.3 Å². The van der Waals surface area contributed by atoms with Crippen molar-refractivity contribution in [3.63, 3.8) is 0 Å². The first-order valence-electron chi connectivity index (χ1n) is 7.49. The number of nitrogens with one attached hydrogen (secondary N) is 1. The van der Waals surface area contributed by atoms with Crippen molar-refractivity contribution in [2.75, 3.05) is 24.2 Å². The molecular weight excluding hydrogens is 302 g/mol. The quantitative estimate of drug-likeness (QED) is 0.801. The van der Waals surface area contributed by atoms with Crippen molar-refractivity contribution in [3.8, 4) is 0 Å². The zero-order valence-corrected chi connectivity index (χ0v) is 14.1. The van der Waals surface area contributed by atoms with Crippen LogP contribution in [0.25, 0.3) is 0 Å². The number of hydrogen-bond acceptors (Lipinski definition) is 5. The van der Waals surface area contributed by atoms with Gasteiger partial charge < -0.3 is 4.90 Å². The van der Waals surface area contributed by atoms with E-state index in [1.54, 1.807) is 12.3 Å². The fourth-order valence-corrected chi connectivity index (χ4v) is 3.73. The SMILES string of the molecule is CCCC1CN(c2ccc(C(C)=O)cn2)CC1NS(C)(=O)=O. The summed E-state index contributed by atoms with van der Waals surface area (Å²) in [4.78, 5) is 17.7. The van der Waals surface area contributed by atoms with Crippen molar-refractivity contribution in [1.82, 2.24) is 9.71 Å². The highest BCUT2D eigenvalue weighted by molar-refractivity contribution is 7.88. The summed E-state index contributed by atoms with van der Waals surface area (Å²) in [7, 11) is -3.22. The summed E-state index contributed by atoms with van der Waals surface area (Å²) in [5.74, 6) is 1.04. The van der Waals surface area contributed by atoms with Crippen molar-refractivity contribution >= 4 is 21.6 Å². The number of anilines is 1. The summed E-state index contributed by atoms with van der Waals surface area (Å²) >= 11 is 0. The number of pyridine rings is 1. The zero-order valence-electron chi connectivity index (χ0n) is 13.2. The second kappa shape index (κ2) is 6.75. The Kier molecular flexibility index (Phi) is 5.18. The molecule has 0 bridgehead atoms. The molecule has 1 aromatic heterocycles. The predicted molar refractivity (Wildman–Crippen MR) is 86.6 cm³/mol. The number of ketones is 1. The van der Waals surface area contributed by atoms with Gasteiger partial charge in [-0.2, -0.15) is 0 Å². The van der Waals surface area contributed by atoms with E-state index in [4.69, 9.17) is 0 Å². The van der Waals surface area contributed by atoms with Crippen LogP contribution in [0.3, 0.4) is 0 Å². The molecule has 0 spiro atoms. The number of carbonyl (C=O) groups is 1. The van der Waals surface area contributed by atoms with E-state index in [0.717, 1.165) is 25.2 Å². The first-order chi connectivity index (χ1) is 10.3. The molecule has 0 aromatic carbocycles. The van der Waals surface area contributed by atoms with Gasteiger partial charge in [0.15, 0.2) is 5.78 Å². The van der Waals surface area contributed by atoms with Crippen LogP contribution in [-0.2, 0) is 10.0 Å². The van der Waals surface area contributed by atoms with Crippen LogP contribution in [0.15, 0.2) is 18.3 Å². The molecule has 1 aliphatic heterocycles. The van der Waals surface area contributed by atoms with E-state index in [-0.39, 0.29) is 17.7 Å². The number of carbonyl (C=O) groups excluding carboxylic acids is 1. The molecule has 1 saturated heterocycles. The minimum atomic E-state index is -3.22. The Morgan fingerprint density at radius 2 is 2.14 bits per heavy atom. The van der Waals surface area contributed by atoms with Gasteiger partial charge in [-0.3, -0.25) is 4.79 Å². The van der Waals surface area contributed by atoms with Crippen molar-refractivity contribution in [3.05, 3.63) is 23.9 Å². The Labute approximate surface area is 132 Å². The molecule has 122 valence electrons. The van der Waals surface area contributed by atoms with Gasteiger partial charge >= 0.3 is 0 Å². The molecule has 22 heavy (non-hydrogen) atoms. The fourth-order valence-electron chi connectivity index (χ4n) is 2.91. The summed E-state index contributed by atoms with van der Waals surface area (Å²) in [6.07, 6.45) is 4.74. The lowest BCUT2D eigenvalue weighted by Gasteiger charge is -2.17. The first kappa shape index (κ1) is 16.9. The normalized spacial score (nSPS) is 22.0. The monoisotopic (exact) mass is 325 g/mol. The molecule has 7 heteroatoms. The highest BCUT2D eigenvalue weighted by atomic mass is 32.2.